The predicted octanol–water partition coefficient (Wildman–Crippen LogP) is 6.15. The van der Waals surface area contributed by atoms with Gasteiger partial charge in [-0.1, -0.05) is 72.3 Å². The molecule has 0 saturated carbocycles. The van der Waals surface area contributed by atoms with E-state index in [1.807, 2.05) is 6.92 Å². The number of anilines is 1. The van der Waals surface area contributed by atoms with Crippen LogP contribution in [-0.2, 0) is 19.1 Å². The molecule has 1 aromatic heterocycles. The van der Waals surface area contributed by atoms with Crippen molar-refractivity contribution in [3.05, 3.63) is 130 Å². The second-order valence-corrected chi connectivity index (χ2v) is 10.1. The number of methoxy groups -OCH3 is 1. The minimum Gasteiger partial charge on any atom is -0.468 e. The highest BCUT2D eigenvalue weighted by molar-refractivity contribution is 6.21. The molecule has 0 N–H and O–H groups in total. The van der Waals surface area contributed by atoms with Crippen LogP contribution in [0.1, 0.15) is 44.9 Å². The molecule has 1 aliphatic rings. The SMILES string of the molecule is COC(=O)[C@H](OC1=C(C(=O)c2ccc(C)cc2)[C@@H](c2ccc(OC(F)(F)F)cc2)N(c2ccc(C)nn2)C1=O)c1ccccc1. The summed E-state index contributed by atoms with van der Waals surface area (Å²) in [5, 5.41) is 8.20. The van der Waals surface area contributed by atoms with E-state index in [0.717, 1.165) is 29.7 Å². The second kappa shape index (κ2) is 12.6. The number of amides is 1. The summed E-state index contributed by atoms with van der Waals surface area (Å²) in [7, 11) is 1.16. The lowest BCUT2D eigenvalue weighted by Gasteiger charge is -2.26. The molecule has 0 saturated heterocycles. The third-order valence-corrected chi connectivity index (χ3v) is 6.96. The molecule has 0 spiro atoms. The Morgan fingerprint density at radius 1 is 0.867 bits per heavy atom. The number of aryl methyl sites for hydroxylation is 2. The van der Waals surface area contributed by atoms with Crippen LogP contribution in [0.4, 0.5) is 19.0 Å². The molecule has 1 amide bonds. The van der Waals surface area contributed by atoms with Gasteiger partial charge in [-0.2, -0.15) is 5.10 Å². The average molecular weight is 618 g/mol. The number of hydrogen-bond acceptors (Lipinski definition) is 8. The molecule has 0 bridgehead atoms. The number of Topliss-reactive ketones (excluding diaryl/α,β-unsaturated/α-hetero) is 1. The van der Waals surface area contributed by atoms with Gasteiger partial charge in [0.25, 0.3) is 5.91 Å². The van der Waals surface area contributed by atoms with Gasteiger partial charge in [0.2, 0.25) is 6.10 Å². The number of halogens is 3. The Labute approximate surface area is 255 Å². The van der Waals surface area contributed by atoms with Crippen LogP contribution in [0, 0.1) is 13.8 Å². The summed E-state index contributed by atoms with van der Waals surface area (Å²) in [6.45, 7) is 3.53. The Hall–Kier alpha value is -5.52. The van der Waals surface area contributed by atoms with E-state index in [-0.39, 0.29) is 22.5 Å². The fourth-order valence-corrected chi connectivity index (χ4v) is 4.83. The van der Waals surface area contributed by atoms with Gasteiger partial charge in [-0.3, -0.25) is 14.5 Å². The van der Waals surface area contributed by atoms with Crippen LogP contribution < -0.4 is 9.64 Å². The Bertz CT molecular complexity index is 1740. The van der Waals surface area contributed by atoms with Crippen LogP contribution >= 0.6 is 0 Å². The van der Waals surface area contributed by atoms with Gasteiger partial charge >= 0.3 is 12.3 Å². The number of alkyl halides is 3. The lowest BCUT2D eigenvalue weighted by molar-refractivity contribution is -0.274. The maximum atomic E-state index is 14.3. The van der Waals surface area contributed by atoms with Crippen LogP contribution in [0.3, 0.4) is 0 Å². The van der Waals surface area contributed by atoms with E-state index in [0.29, 0.717) is 11.3 Å². The molecule has 45 heavy (non-hydrogen) atoms. The largest absolute Gasteiger partial charge is 0.573 e. The molecule has 2 heterocycles. The number of rotatable bonds is 9. The zero-order valence-corrected chi connectivity index (χ0v) is 24.2. The maximum Gasteiger partial charge on any atom is 0.573 e. The molecular formula is C33H26F3N3O6. The van der Waals surface area contributed by atoms with Gasteiger partial charge in [0.05, 0.1) is 24.4 Å². The quantitative estimate of drug-likeness (QED) is 0.163. The molecule has 2 atom stereocenters. The van der Waals surface area contributed by atoms with Gasteiger partial charge < -0.3 is 14.2 Å². The molecule has 12 heteroatoms. The van der Waals surface area contributed by atoms with Crippen LogP contribution in [0.2, 0.25) is 0 Å². The molecular weight excluding hydrogens is 591 g/mol. The van der Waals surface area contributed by atoms with E-state index in [1.54, 1.807) is 67.6 Å². The minimum absolute atomic E-state index is 0.0355. The molecule has 0 fully saturated rings. The fourth-order valence-electron chi connectivity index (χ4n) is 4.83. The van der Waals surface area contributed by atoms with Crippen molar-refractivity contribution < 1.29 is 41.8 Å². The number of hydrogen-bond donors (Lipinski definition) is 0. The molecule has 9 nitrogen and oxygen atoms in total. The van der Waals surface area contributed by atoms with Crippen molar-refractivity contribution in [1.82, 2.24) is 10.2 Å². The lowest BCUT2D eigenvalue weighted by Crippen LogP contribution is -2.32. The van der Waals surface area contributed by atoms with Crippen molar-refractivity contribution in [3.8, 4) is 5.75 Å². The van der Waals surface area contributed by atoms with Crippen molar-refractivity contribution >= 4 is 23.5 Å². The van der Waals surface area contributed by atoms with Crippen LogP contribution in [0.25, 0.3) is 0 Å². The van der Waals surface area contributed by atoms with E-state index >= 15 is 0 Å². The normalized spacial score (nSPS) is 15.6. The molecule has 3 aromatic carbocycles. The molecule has 4 aromatic rings. The van der Waals surface area contributed by atoms with Crippen LogP contribution in [-0.4, -0.2) is 41.3 Å². The zero-order valence-electron chi connectivity index (χ0n) is 24.2. The van der Waals surface area contributed by atoms with Gasteiger partial charge in [0.15, 0.2) is 17.4 Å². The summed E-state index contributed by atoms with van der Waals surface area (Å²) < 4.78 is 53.8. The topological polar surface area (TPSA) is 108 Å². The second-order valence-electron chi connectivity index (χ2n) is 10.1. The van der Waals surface area contributed by atoms with Crippen molar-refractivity contribution in [3.63, 3.8) is 0 Å². The molecule has 1 aliphatic heterocycles. The highest BCUT2D eigenvalue weighted by Crippen LogP contribution is 2.44. The number of carbonyl (C=O) groups is 3. The summed E-state index contributed by atoms with van der Waals surface area (Å²) in [6, 6.07) is 21.5. The summed E-state index contributed by atoms with van der Waals surface area (Å²) in [5.41, 5.74) is 2.06. The Morgan fingerprint density at radius 2 is 1.53 bits per heavy atom. The summed E-state index contributed by atoms with van der Waals surface area (Å²) in [4.78, 5) is 42.7. The number of esters is 1. The van der Waals surface area contributed by atoms with Gasteiger partial charge in [0.1, 0.15) is 5.75 Å². The fraction of sp³-hybridized carbons (Fsp3) is 0.182. The van der Waals surface area contributed by atoms with Gasteiger partial charge in [0, 0.05) is 11.1 Å². The standard InChI is InChI=1S/C33H26F3N3O6/c1-19-9-12-22(13-10-19)28(40)26-27(21-14-16-24(17-15-21)45-33(34,35)36)39(25-18-11-20(2)37-38-25)31(41)30(26)44-29(32(42)43-3)23-7-5-4-6-8-23/h4-18,27,29H,1-3H3/t27-,29-/m1/s1. The first-order chi connectivity index (χ1) is 21.5. The first kappa shape index (κ1) is 30.9. The van der Waals surface area contributed by atoms with Crippen molar-refractivity contribution in [2.24, 2.45) is 0 Å². The van der Waals surface area contributed by atoms with E-state index in [9.17, 15) is 27.6 Å². The average Bonchev–Trinajstić information content (AvgIpc) is 3.31. The monoisotopic (exact) mass is 617 g/mol. The minimum atomic E-state index is -4.93. The van der Waals surface area contributed by atoms with Gasteiger partial charge in [-0.15, -0.1) is 18.3 Å². The van der Waals surface area contributed by atoms with Gasteiger partial charge in [-0.25, -0.2) is 4.79 Å². The number of benzene rings is 3. The summed E-state index contributed by atoms with van der Waals surface area (Å²) >= 11 is 0. The Morgan fingerprint density at radius 3 is 2.11 bits per heavy atom. The number of nitrogens with zero attached hydrogens (tertiary/aromatic N) is 3. The first-order valence-corrected chi connectivity index (χ1v) is 13.6. The lowest BCUT2D eigenvalue weighted by atomic mass is 9.92. The predicted molar refractivity (Wildman–Crippen MR) is 155 cm³/mol. The molecule has 0 radical (unpaired) electrons. The van der Waals surface area contributed by atoms with E-state index in [4.69, 9.17) is 9.47 Å². The summed E-state index contributed by atoms with van der Waals surface area (Å²) in [5.74, 6) is -3.19. The van der Waals surface area contributed by atoms with E-state index in [1.165, 1.54) is 18.2 Å². The Kier molecular flexibility index (Phi) is 8.66. The van der Waals surface area contributed by atoms with Crippen molar-refractivity contribution in [2.45, 2.75) is 32.4 Å². The van der Waals surface area contributed by atoms with Crippen LogP contribution in [0.5, 0.6) is 5.75 Å². The van der Waals surface area contributed by atoms with Crippen molar-refractivity contribution in [1.29, 1.82) is 0 Å². The summed E-state index contributed by atoms with van der Waals surface area (Å²) in [6.07, 6.45) is -6.37. The van der Waals surface area contributed by atoms with Crippen molar-refractivity contribution in [2.75, 3.05) is 12.0 Å². The van der Waals surface area contributed by atoms with Crippen LogP contribution in [0.15, 0.2) is 102 Å². The highest BCUT2D eigenvalue weighted by Gasteiger charge is 2.48. The molecule has 5 rings (SSSR count). The molecule has 0 aliphatic carbocycles. The van der Waals surface area contributed by atoms with E-state index in [2.05, 4.69) is 14.9 Å². The van der Waals surface area contributed by atoms with E-state index < -0.39 is 47.7 Å². The highest BCUT2D eigenvalue weighted by atomic mass is 19.4. The number of ether oxygens (including phenoxy) is 3. The smallest absolute Gasteiger partial charge is 0.468 e. The first-order valence-electron chi connectivity index (χ1n) is 13.6. The third kappa shape index (κ3) is 6.69. The Balaban J connectivity index is 1.72. The van der Waals surface area contributed by atoms with Gasteiger partial charge in [-0.05, 0) is 43.7 Å². The number of aromatic nitrogens is 2. The zero-order chi connectivity index (χ0) is 32.3. The number of carbonyl (C=O) groups excluding carboxylic acids is 3. The number of ketones is 1. The molecule has 230 valence electrons. The third-order valence-electron chi connectivity index (χ3n) is 6.96. The maximum absolute atomic E-state index is 14.3. The molecule has 0 unspecified atom stereocenters.